The van der Waals surface area contributed by atoms with E-state index in [0.29, 0.717) is 33.7 Å². The number of imidazole rings is 1. The number of nitrogens with zero attached hydrogens (tertiary/aromatic N) is 1. The number of thiocarbonyl (C=S) groups is 1. The van der Waals surface area contributed by atoms with Crippen molar-refractivity contribution in [1.29, 1.82) is 0 Å². The van der Waals surface area contributed by atoms with Crippen molar-refractivity contribution in [1.82, 2.24) is 9.97 Å². The second-order valence-electron chi connectivity index (χ2n) is 8.43. The fourth-order valence-corrected chi connectivity index (χ4v) is 5.38. The Morgan fingerprint density at radius 3 is 2.21 bits per heavy atom. The van der Waals surface area contributed by atoms with E-state index in [4.69, 9.17) is 16.8 Å². The van der Waals surface area contributed by atoms with Crippen LogP contribution in [0.1, 0.15) is 82.5 Å². The van der Waals surface area contributed by atoms with Crippen molar-refractivity contribution >= 4 is 48.4 Å². The van der Waals surface area contributed by atoms with Gasteiger partial charge in [0.15, 0.2) is 0 Å². The van der Waals surface area contributed by atoms with Crippen molar-refractivity contribution in [2.75, 3.05) is 5.75 Å². The summed E-state index contributed by atoms with van der Waals surface area (Å²) in [6, 6.07) is 2.84. The van der Waals surface area contributed by atoms with E-state index in [1.807, 2.05) is 0 Å². The Morgan fingerprint density at radius 1 is 0.970 bits per heavy atom. The highest BCUT2D eigenvalue weighted by molar-refractivity contribution is 7.86. The van der Waals surface area contributed by atoms with Crippen LogP contribution in [0.4, 0.5) is 0 Å². The Labute approximate surface area is 202 Å². The second kappa shape index (κ2) is 12.9. The van der Waals surface area contributed by atoms with Crippen LogP contribution >= 0.6 is 12.2 Å². The van der Waals surface area contributed by atoms with E-state index in [1.165, 1.54) is 44.2 Å². The molecule has 0 amide bonds. The number of nitrogens with one attached hydrogen (secondary N) is 1. The number of benzene rings is 1. The van der Waals surface area contributed by atoms with Gasteiger partial charge in [0.05, 0.1) is 21.7 Å². The van der Waals surface area contributed by atoms with E-state index >= 15 is 0 Å². The molecular weight excluding hydrogens is 484 g/mol. The third-order valence-corrected chi connectivity index (χ3v) is 7.63. The van der Waals surface area contributed by atoms with Crippen LogP contribution in [0.5, 0.6) is 0 Å². The van der Waals surface area contributed by atoms with Crippen molar-refractivity contribution in [2.24, 2.45) is 0 Å². The summed E-state index contributed by atoms with van der Waals surface area (Å²) < 4.78 is 64.4. The van der Waals surface area contributed by atoms with Crippen molar-refractivity contribution in [2.45, 2.75) is 88.9 Å². The van der Waals surface area contributed by atoms with E-state index in [-0.39, 0.29) is 24.2 Å². The van der Waals surface area contributed by atoms with Gasteiger partial charge >= 0.3 is 0 Å². The van der Waals surface area contributed by atoms with E-state index in [9.17, 15) is 21.4 Å². The van der Waals surface area contributed by atoms with Crippen molar-refractivity contribution in [3.05, 3.63) is 23.5 Å². The number of unbranched alkanes of at least 4 members (excludes halogenated alkanes) is 7. The number of fused-ring (bicyclic) bond motifs is 1. The van der Waals surface area contributed by atoms with Crippen LogP contribution in [0.3, 0.4) is 0 Å². The highest BCUT2D eigenvalue weighted by Crippen LogP contribution is 2.26. The minimum Gasteiger partial charge on any atom is -0.342 e. The number of H-pyrrole nitrogens is 1. The molecule has 0 spiro atoms. The van der Waals surface area contributed by atoms with Gasteiger partial charge in [-0.05, 0) is 36.3 Å². The van der Waals surface area contributed by atoms with Crippen molar-refractivity contribution in [3.63, 3.8) is 0 Å². The second-order valence-corrected chi connectivity index (χ2v) is 12.0. The lowest BCUT2D eigenvalue weighted by Gasteiger charge is -2.09. The van der Waals surface area contributed by atoms with Gasteiger partial charge < -0.3 is 4.98 Å². The predicted octanol–water partition coefficient (Wildman–Crippen LogP) is 5.07. The van der Waals surface area contributed by atoms with Gasteiger partial charge in [0, 0.05) is 18.4 Å². The van der Waals surface area contributed by atoms with Gasteiger partial charge in [-0.3, -0.25) is 9.11 Å². The molecule has 0 saturated heterocycles. The molecule has 0 unspecified atom stereocenters. The van der Waals surface area contributed by atoms with Gasteiger partial charge in [-0.25, -0.2) is 4.98 Å². The van der Waals surface area contributed by atoms with Gasteiger partial charge in [0.1, 0.15) is 5.82 Å². The summed E-state index contributed by atoms with van der Waals surface area (Å²) in [5.41, 5.74) is 1.32. The average Bonchev–Trinajstić information content (AvgIpc) is 3.11. The molecule has 0 aliphatic carbocycles. The molecule has 0 aliphatic heterocycles. The summed E-state index contributed by atoms with van der Waals surface area (Å²) in [7, 11) is -8.53. The average molecular weight is 519 g/mol. The summed E-state index contributed by atoms with van der Waals surface area (Å²) in [4.78, 5) is 7.97. The molecule has 1 aromatic carbocycles. The lowest BCUT2D eigenvalue weighted by Crippen LogP contribution is -2.08. The minimum absolute atomic E-state index is 0.163. The largest absolute Gasteiger partial charge is 0.342 e. The fraction of sp³-hybridized carbons (Fsp3) is 0.636. The molecule has 1 aromatic heterocycles. The Balaban J connectivity index is 2.06. The van der Waals surface area contributed by atoms with Crippen LogP contribution in [0.25, 0.3) is 11.0 Å². The summed E-state index contributed by atoms with van der Waals surface area (Å²) in [6.45, 7) is 2.20. The maximum atomic E-state index is 12.0. The molecule has 0 radical (unpaired) electrons. The summed E-state index contributed by atoms with van der Waals surface area (Å²) in [5, 5.41) is 0. The zero-order chi connectivity index (χ0) is 24.5. The normalized spacial score (nSPS) is 12.5. The van der Waals surface area contributed by atoms with Crippen LogP contribution in [0, 0.1) is 0 Å². The zero-order valence-electron chi connectivity index (χ0n) is 19.0. The number of aromatic amines is 1. The molecule has 8 nitrogen and oxygen atoms in total. The fourth-order valence-electron chi connectivity index (χ4n) is 3.86. The van der Waals surface area contributed by atoms with Crippen molar-refractivity contribution in [3.8, 4) is 0 Å². The minimum atomic E-state index is -4.46. The molecule has 0 aliphatic rings. The van der Waals surface area contributed by atoms with Gasteiger partial charge in [-0.1, -0.05) is 64.1 Å². The topological polar surface area (TPSA) is 137 Å². The first-order valence-corrected chi connectivity index (χ1v) is 14.9. The van der Waals surface area contributed by atoms with E-state index in [2.05, 4.69) is 16.9 Å². The Hall–Kier alpha value is -1.40. The van der Waals surface area contributed by atoms with E-state index in [0.717, 1.165) is 19.3 Å². The summed E-state index contributed by atoms with van der Waals surface area (Å²) in [5.74, 6) is 0.0759. The Kier molecular flexibility index (Phi) is 10.9. The van der Waals surface area contributed by atoms with Crippen LogP contribution < -0.4 is 0 Å². The van der Waals surface area contributed by atoms with Crippen LogP contribution in [-0.4, -0.2) is 46.5 Å². The molecular formula is C22H34N2O6S3. The summed E-state index contributed by atoms with van der Waals surface area (Å²) in [6.07, 6.45) is 10.7. The van der Waals surface area contributed by atoms with Crippen molar-refractivity contribution < 1.29 is 25.9 Å². The molecule has 0 saturated carbocycles. The highest BCUT2D eigenvalue weighted by Gasteiger charge is 2.21. The smallest absolute Gasteiger partial charge is 0.294 e. The van der Waals surface area contributed by atoms with Gasteiger partial charge in [0.25, 0.3) is 20.2 Å². The van der Waals surface area contributed by atoms with Crippen LogP contribution in [-0.2, 0) is 33.1 Å². The number of aryl methyl sites for hydroxylation is 1. The zero-order valence-corrected chi connectivity index (χ0v) is 21.5. The number of hydrogen-bond donors (Lipinski definition) is 3. The molecule has 2 rings (SSSR count). The predicted molar refractivity (Wildman–Crippen MR) is 134 cm³/mol. The highest BCUT2D eigenvalue weighted by atomic mass is 32.2. The first-order valence-electron chi connectivity index (χ1n) is 11.5. The standard InChI is InChI=1S/C22H34N2O6S3/c1-2-3-4-5-6-7-8-9-11-17(31)16-18-20(33(28,29)30)14-13-19-22(18)24-21(23-19)12-10-15-32(25,26)27/h13-14H,2-12,15-16H2,1H3,(H,23,24)(H,25,26,27)(H,28,29,30). The number of aromatic nitrogens is 2. The van der Waals surface area contributed by atoms with E-state index < -0.39 is 26.0 Å². The molecule has 11 heteroatoms. The third-order valence-electron chi connectivity index (χ3n) is 5.54. The lowest BCUT2D eigenvalue weighted by atomic mass is 10.0. The SMILES string of the molecule is CCCCCCCCCCC(=S)Cc1c(S(=O)(=O)O)ccc2[nH]c(CCCS(=O)(=O)O)nc12. The summed E-state index contributed by atoms with van der Waals surface area (Å²) >= 11 is 5.53. The molecule has 33 heavy (non-hydrogen) atoms. The molecule has 1 heterocycles. The maximum Gasteiger partial charge on any atom is 0.294 e. The first kappa shape index (κ1) is 27.8. The molecule has 186 valence electrons. The Bertz CT molecular complexity index is 1140. The molecule has 3 N–H and O–H groups in total. The number of hydrogen-bond acceptors (Lipinski definition) is 6. The van der Waals surface area contributed by atoms with E-state index in [1.54, 1.807) is 0 Å². The molecule has 0 fully saturated rings. The lowest BCUT2D eigenvalue weighted by molar-refractivity contribution is 0.479. The van der Waals surface area contributed by atoms with Crippen LogP contribution in [0.15, 0.2) is 17.0 Å². The molecule has 2 aromatic rings. The Morgan fingerprint density at radius 2 is 1.61 bits per heavy atom. The van der Waals surface area contributed by atoms with Gasteiger partial charge in [0.2, 0.25) is 0 Å². The van der Waals surface area contributed by atoms with Crippen LogP contribution in [0.2, 0.25) is 0 Å². The quantitative estimate of drug-likeness (QED) is 0.159. The molecule has 0 atom stereocenters. The maximum absolute atomic E-state index is 12.0. The van der Waals surface area contributed by atoms with Gasteiger partial charge in [-0.15, -0.1) is 0 Å². The monoisotopic (exact) mass is 518 g/mol. The third kappa shape index (κ3) is 9.78. The van der Waals surface area contributed by atoms with Gasteiger partial charge in [-0.2, -0.15) is 16.8 Å². The number of rotatable bonds is 16. The molecule has 0 bridgehead atoms. The first-order chi connectivity index (χ1) is 15.5.